The second kappa shape index (κ2) is 4.45. The van der Waals surface area contributed by atoms with E-state index in [1.807, 2.05) is 30.3 Å². The van der Waals surface area contributed by atoms with Gasteiger partial charge in [-0.1, -0.05) is 23.4 Å². The standard InChI is InChI=1S/C12H13N3O2/c1-2-4-10(5-3-1)16-8-11-14-12(17-15-11)13-9-6-7-9/h1-5,9H,6-8H2,(H,13,14,15). The van der Waals surface area contributed by atoms with E-state index in [4.69, 9.17) is 9.26 Å². The molecular formula is C12H13N3O2. The molecule has 88 valence electrons. The molecule has 1 aliphatic rings. The van der Waals surface area contributed by atoms with Crippen LogP contribution >= 0.6 is 0 Å². The van der Waals surface area contributed by atoms with Crippen molar-refractivity contribution >= 4 is 6.01 Å². The third-order valence-electron chi connectivity index (χ3n) is 2.48. The lowest BCUT2D eigenvalue weighted by Gasteiger charge is -2.01. The van der Waals surface area contributed by atoms with Crippen molar-refractivity contribution < 1.29 is 9.26 Å². The first-order valence-electron chi connectivity index (χ1n) is 5.67. The van der Waals surface area contributed by atoms with Gasteiger partial charge in [-0.05, 0) is 25.0 Å². The van der Waals surface area contributed by atoms with Crippen molar-refractivity contribution in [3.05, 3.63) is 36.2 Å². The Kier molecular flexibility index (Phi) is 2.65. The average Bonchev–Trinajstić information content (AvgIpc) is 3.06. The van der Waals surface area contributed by atoms with Crippen LogP contribution in [0.4, 0.5) is 6.01 Å². The predicted octanol–water partition coefficient (Wildman–Crippen LogP) is 2.22. The zero-order valence-electron chi connectivity index (χ0n) is 9.30. The van der Waals surface area contributed by atoms with Crippen molar-refractivity contribution in [2.45, 2.75) is 25.5 Å². The van der Waals surface area contributed by atoms with Gasteiger partial charge in [0.15, 0.2) is 6.61 Å². The molecule has 1 aliphatic carbocycles. The minimum atomic E-state index is 0.319. The van der Waals surface area contributed by atoms with Gasteiger partial charge in [-0.25, -0.2) is 0 Å². The second-order valence-corrected chi connectivity index (χ2v) is 4.04. The number of nitrogens with zero attached hydrogens (tertiary/aromatic N) is 2. The maximum Gasteiger partial charge on any atom is 0.321 e. The number of nitrogens with one attached hydrogen (secondary N) is 1. The summed E-state index contributed by atoms with van der Waals surface area (Å²) < 4.78 is 10.6. The van der Waals surface area contributed by atoms with Crippen LogP contribution in [0.5, 0.6) is 5.75 Å². The number of hydrogen-bond donors (Lipinski definition) is 1. The Morgan fingerprint density at radius 3 is 2.88 bits per heavy atom. The van der Waals surface area contributed by atoms with Crippen molar-refractivity contribution in [2.24, 2.45) is 0 Å². The van der Waals surface area contributed by atoms with Gasteiger partial charge in [0.05, 0.1) is 0 Å². The highest BCUT2D eigenvalue weighted by Gasteiger charge is 2.23. The van der Waals surface area contributed by atoms with Crippen LogP contribution in [0.15, 0.2) is 34.9 Å². The molecule has 0 radical (unpaired) electrons. The van der Waals surface area contributed by atoms with Gasteiger partial charge in [0.2, 0.25) is 5.82 Å². The summed E-state index contributed by atoms with van der Waals surface area (Å²) in [6, 6.07) is 10.6. The Morgan fingerprint density at radius 2 is 2.12 bits per heavy atom. The first-order chi connectivity index (χ1) is 8.40. The third-order valence-corrected chi connectivity index (χ3v) is 2.48. The second-order valence-electron chi connectivity index (χ2n) is 4.04. The smallest absolute Gasteiger partial charge is 0.321 e. The van der Waals surface area contributed by atoms with E-state index >= 15 is 0 Å². The number of ether oxygens (including phenoxy) is 1. The first-order valence-corrected chi connectivity index (χ1v) is 5.67. The fourth-order valence-corrected chi connectivity index (χ4v) is 1.44. The van der Waals surface area contributed by atoms with Crippen molar-refractivity contribution in [3.63, 3.8) is 0 Å². The van der Waals surface area contributed by atoms with E-state index in [2.05, 4.69) is 15.5 Å². The van der Waals surface area contributed by atoms with Gasteiger partial charge in [-0.3, -0.25) is 0 Å². The molecule has 0 unspecified atom stereocenters. The highest BCUT2D eigenvalue weighted by Crippen LogP contribution is 2.23. The van der Waals surface area contributed by atoms with E-state index in [1.54, 1.807) is 0 Å². The maximum absolute atomic E-state index is 5.51. The van der Waals surface area contributed by atoms with E-state index in [1.165, 1.54) is 12.8 Å². The minimum absolute atomic E-state index is 0.319. The number of rotatable bonds is 5. The number of anilines is 1. The molecule has 1 N–H and O–H groups in total. The fourth-order valence-electron chi connectivity index (χ4n) is 1.44. The predicted molar refractivity (Wildman–Crippen MR) is 61.7 cm³/mol. The molecular weight excluding hydrogens is 218 g/mol. The first kappa shape index (κ1) is 10.1. The van der Waals surface area contributed by atoms with Crippen LogP contribution in [-0.2, 0) is 6.61 Å². The number of para-hydroxylation sites is 1. The summed E-state index contributed by atoms with van der Waals surface area (Å²) in [6.07, 6.45) is 2.36. The van der Waals surface area contributed by atoms with Crippen LogP contribution in [0.2, 0.25) is 0 Å². The average molecular weight is 231 g/mol. The molecule has 3 rings (SSSR count). The summed E-state index contributed by atoms with van der Waals surface area (Å²) in [7, 11) is 0. The van der Waals surface area contributed by atoms with Crippen LogP contribution in [0.1, 0.15) is 18.7 Å². The molecule has 17 heavy (non-hydrogen) atoms. The van der Waals surface area contributed by atoms with Gasteiger partial charge >= 0.3 is 6.01 Å². The lowest BCUT2D eigenvalue weighted by Crippen LogP contribution is -2.01. The van der Waals surface area contributed by atoms with Gasteiger partial charge in [0.1, 0.15) is 5.75 Å². The van der Waals surface area contributed by atoms with E-state index in [0.717, 1.165) is 5.75 Å². The Hall–Kier alpha value is -2.04. The SMILES string of the molecule is c1ccc(OCc2noc(NC3CC3)n2)cc1. The van der Waals surface area contributed by atoms with E-state index in [9.17, 15) is 0 Å². The molecule has 5 heteroatoms. The summed E-state index contributed by atoms with van der Waals surface area (Å²) in [5, 5.41) is 6.98. The lowest BCUT2D eigenvalue weighted by molar-refractivity contribution is 0.287. The van der Waals surface area contributed by atoms with Gasteiger partial charge in [0.25, 0.3) is 0 Å². The normalized spacial score (nSPS) is 14.6. The zero-order valence-corrected chi connectivity index (χ0v) is 9.30. The van der Waals surface area contributed by atoms with Crippen molar-refractivity contribution in [2.75, 3.05) is 5.32 Å². The zero-order chi connectivity index (χ0) is 11.5. The number of benzene rings is 1. The molecule has 1 fully saturated rings. The Bertz CT molecular complexity index is 480. The molecule has 0 aliphatic heterocycles. The van der Waals surface area contributed by atoms with Gasteiger partial charge < -0.3 is 14.6 Å². The van der Waals surface area contributed by atoms with Crippen LogP contribution in [-0.4, -0.2) is 16.2 Å². The molecule has 0 spiro atoms. The Balaban J connectivity index is 1.55. The van der Waals surface area contributed by atoms with Gasteiger partial charge in [-0.15, -0.1) is 0 Å². The van der Waals surface area contributed by atoms with Crippen LogP contribution in [0.3, 0.4) is 0 Å². The largest absolute Gasteiger partial charge is 0.485 e. The molecule has 0 bridgehead atoms. The van der Waals surface area contributed by atoms with E-state index in [-0.39, 0.29) is 0 Å². The molecule has 0 saturated heterocycles. The van der Waals surface area contributed by atoms with Crippen LogP contribution in [0, 0.1) is 0 Å². The molecule has 1 aromatic carbocycles. The highest BCUT2D eigenvalue weighted by atomic mass is 16.5. The van der Waals surface area contributed by atoms with E-state index in [0.29, 0.717) is 24.5 Å². The number of hydrogen-bond acceptors (Lipinski definition) is 5. The summed E-state index contributed by atoms with van der Waals surface area (Å²) in [6.45, 7) is 0.319. The topological polar surface area (TPSA) is 60.2 Å². The summed E-state index contributed by atoms with van der Waals surface area (Å²) >= 11 is 0. The highest BCUT2D eigenvalue weighted by molar-refractivity contribution is 5.24. The Morgan fingerprint density at radius 1 is 1.29 bits per heavy atom. The lowest BCUT2D eigenvalue weighted by atomic mass is 10.3. The summed E-state index contributed by atoms with van der Waals surface area (Å²) in [4.78, 5) is 4.19. The molecule has 1 saturated carbocycles. The molecule has 2 aromatic rings. The molecule has 5 nitrogen and oxygen atoms in total. The van der Waals surface area contributed by atoms with E-state index < -0.39 is 0 Å². The van der Waals surface area contributed by atoms with Crippen LogP contribution < -0.4 is 10.1 Å². The molecule has 1 heterocycles. The van der Waals surface area contributed by atoms with Crippen molar-refractivity contribution in [1.82, 2.24) is 10.1 Å². The summed E-state index contributed by atoms with van der Waals surface area (Å²) in [5.41, 5.74) is 0. The van der Waals surface area contributed by atoms with Crippen molar-refractivity contribution in [1.29, 1.82) is 0 Å². The summed E-state index contributed by atoms with van der Waals surface area (Å²) in [5.74, 6) is 1.35. The minimum Gasteiger partial charge on any atom is -0.485 e. The fraction of sp³-hybridized carbons (Fsp3) is 0.333. The number of aromatic nitrogens is 2. The van der Waals surface area contributed by atoms with Gasteiger partial charge in [0, 0.05) is 6.04 Å². The quantitative estimate of drug-likeness (QED) is 0.855. The Labute approximate surface area is 98.8 Å². The third kappa shape index (κ3) is 2.75. The monoisotopic (exact) mass is 231 g/mol. The molecule has 1 aromatic heterocycles. The molecule has 0 amide bonds. The van der Waals surface area contributed by atoms with Crippen molar-refractivity contribution in [3.8, 4) is 5.75 Å². The molecule has 0 atom stereocenters. The van der Waals surface area contributed by atoms with Crippen LogP contribution in [0.25, 0.3) is 0 Å². The maximum atomic E-state index is 5.51. The van der Waals surface area contributed by atoms with Gasteiger partial charge in [-0.2, -0.15) is 4.98 Å².